The molecule has 6 nitrogen and oxygen atoms in total. The van der Waals surface area contributed by atoms with Crippen molar-refractivity contribution in [1.29, 1.82) is 0 Å². The third-order valence-corrected chi connectivity index (χ3v) is 6.42. The van der Waals surface area contributed by atoms with E-state index >= 15 is 0 Å². The van der Waals surface area contributed by atoms with E-state index in [0.717, 1.165) is 50.2 Å². The van der Waals surface area contributed by atoms with Gasteiger partial charge in [0.2, 0.25) is 17.6 Å². The average Bonchev–Trinajstić information content (AvgIpc) is 3.44. The number of likely N-dealkylation sites (tertiary alicyclic amines) is 1. The van der Waals surface area contributed by atoms with Crippen molar-refractivity contribution in [2.45, 2.75) is 39.2 Å². The fourth-order valence-electron chi connectivity index (χ4n) is 3.89. The summed E-state index contributed by atoms with van der Waals surface area (Å²) in [5.41, 5.74) is 2.62. The van der Waals surface area contributed by atoms with E-state index in [-0.39, 0.29) is 11.8 Å². The lowest BCUT2D eigenvalue weighted by atomic mass is 9.96. The molecular weight excluding hydrogens is 396 g/mol. The van der Waals surface area contributed by atoms with Crippen LogP contribution in [-0.2, 0) is 17.8 Å². The molecule has 7 heteroatoms. The molecule has 1 aliphatic rings. The lowest BCUT2D eigenvalue weighted by Crippen LogP contribution is -2.40. The topological polar surface area (TPSA) is 71.3 Å². The number of hydrogen-bond acceptors (Lipinski definition) is 6. The van der Waals surface area contributed by atoms with Crippen LogP contribution in [0.5, 0.6) is 0 Å². The fourth-order valence-corrected chi connectivity index (χ4v) is 4.53. The zero-order valence-electron chi connectivity index (χ0n) is 17.3. The minimum absolute atomic E-state index is 0.101. The van der Waals surface area contributed by atoms with Gasteiger partial charge in [0.05, 0.1) is 11.4 Å². The summed E-state index contributed by atoms with van der Waals surface area (Å²) in [4.78, 5) is 20.3. The Morgan fingerprint density at radius 1 is 1.27 bits per heavy atom. The molecule has 0 saturated carbocycles. The Hall–Kier alpha value is -2.51. The van der Waals surface area contributed by atoms with Crippen molar-refractivity contribution < 1.29 is 9.32 Å². The number of aromatic nitrogens is 2. The standard InChI is InChI=1S/C23H28N4O2S/c1-17-5-2-6-18(15-17)7-3-11-24-23(28)19-9-12-27(13-10-19)16-21-25-22(26-29-21)20-8-4-14-30-20/h2,4-6,8,14-15,19H,3,7,9-13,16H2,1H3,(H,24,28). The van der Waals surface area contributed by atoms with Gasteiger partial charge >= 0.3 is 0 Å². The van der Waals surface area contributed by atoms with Crippen molar-refractivity contribution in [3.63, 3.8) is 0 Å². The number of amides is 1. The van der Waals surface area contributed by atoms with E-state index in [2.05, 4.69) is 51.5 Å². The number of carbonyl (C=O) groups is 1. The predicted molar refractivity (Wildman–Crippen MR) is 118 cm³/mol. The maximum Gasteiger partial charge on any atom is 0.241 e. The molecule has 158 valence electrons. The predicted octanol–water partition coefficient (Wildman–Crippen LogP) is 4.07. The van der Waals surface area contributed by atoms with Crippen molar-refractivity contribution in [2.24, 2.45) is 5.92 Å². The van der Waals surface area contributed by atoms with Gasteiger partial charge in [-0.15, -0.1) is 11.3 Å². The second-order valence-corrected chi connectivity index (χ2v) is 8.87. The first kappa shape index (κ1) is 20.8. The molecule has 1 N–H and O–H groups in total. The zero-order valence-corrected chi connectivity index (χ0v) is 18.2. The van der Waals surface area contributed by atoms with Gasteiger partial charge in [0.15, 0.2) is 0 Å². The number of nitrogens with zero attached hydrogens (tertiary/aromatic N) is 3. The first-order valence-electron chi connectivity index (χ1n) is 10.6. The molecule has 3 heterocycles. The second-order valence-electron chi connectivity index (χ2n) is 7.92. The van der Waals surface area contributed by atoms with E-state index in [9.17, 15) is 4.79 Å². The number of carbonyl (C=O) groups excluding carboxylic acids is 1. The van der Waals surface area contributed by atoms with Crippen LogP contribution in [0.2, 0.25) is 0 Å². The lowest BCUT2D eigenvalue weighted by Gasteiger charge is -2.30. The van der Waals surface area contributed by atoms with Crippen LogP contribution in [0.3, 0.4) is 0 Å². The molecule has 0 aliphatic carbocycles. The quantitative estimate of drug-likeness (QED) is 0.552. The Morgan fingerprint density at radius 3 is 2.90 bits per heavy atom. The molecule has 2 aromatic heterocycles. The number of benzene rings is 1. The molecule has 3 aromatic rings. The van der Waals surface area contributed by atoms with Crippen LogP contribution in [0.15, 0.2) is 46.3 Å². The normalized spacial score (nSPS) is 15.4. The Kier molecular flexibility index (Phi) is 6.92. The molecule has 1 aromatic carbocycles. The van der Waals surface area contributed by atoms with Crippen molar-refractivity contribution in [3.8, 4) is 10.7 Å². The van der Waals surface area contributed by atoms with Crippen LogP contribution >= 0.6 is 11.3 Å². The van der Waals surface area contributed by atoms with E-state index in [0.29, 0.717) is 18.3 Å². The van der Waals surface area contributed by atoms with Gasteiger partial charge in [-0.1, -0.05) is 41.1 Å². The van der Waals surface area contributed by atoms with Crippen LogP contribution in [0, 0.1) is 12.8 Å². The summed E-state index contributed by atoms with van der Waals surface area (Å²) in [5, 5.41) is 9.20. The summed E-state index contributed by atoms with van der Waals surface area (Å²) >= 11 is 1.60. The van der Waals surface area contributed by atoms with Gasteiger partial charge in [-0.2, -0.15) is 4.98 Å². The molecular formula is C23H28N4O2S. The highest BCUT2D eigenvalue weighted by molar-refractivity contribution is 7.13. The summed E-state index contributed by atoms with van der Waals surface area (Å²) < 4.78 is 5.40. The van der Waals surface area contributed by atoms with Crippen molar-refractivity contribution >= 4 is 17.2 Å². The Labute approximate surface area is 181 Å². The number of rotatable bonds is 8. The monoisotopic (exact) mass is 424 g/mol. The maximum absolute atomic E-state index is 12.5. The van der Waals surface area contributed by atoms with Gasteiger partial charge in [0, 0.05) is 12.5 Å². The highest BCUT2D eigenvalue weighted by atomic mass is 32.1. The number of nitrogens with one attached hydrogen (secondary N) is 1. The summed E-state index contributed by atoms with van der Waals surface area (Å²) in [6.45, 7) is 5.23. The highest BCUT2D eigenvalue weighted by Crippen LogP contribution is 2.23. The summed E-state index contributed by atoms with van der Waals surface area (Å²) in [7, 11) is 0. The van der Waals surface area contributed by atoms with E-state index in [1.165, 1.54) is 11.1 Å². The lowest BCUT2D eigenvalue weighted by molar-refractivity contribution is -0.126. The second kappa shape index (κ2) is 10.00. The molecule has 0 atom stereocenters. The van der Waals surface area contributed by atoms with Crippen LogP contribution in [-0.4, -0.2) is 40.6 Å². The van der Waals surface area contributed by atoms with Gasteiger partial charge in [-0.3, -0.25) is 9.69 Å². The third kappa shape index (κ3) is 5.55. The molecule has 1 amide bonds. The van der Waals surface area contributed by atoms with Crippen LogP contribution in [0.1, 0.15) is 36.3 Å². The third-order valence-electron chi connectivity index (χ3n) is 5.55. The number of hydrogen-bond donors (Lipinski definition) is 1. The Bertz CT molecular complexity index is 946. The molecule has 0 spiro atoms. The van der Waals surface area contributed by atoms with Gasteiger partial charge in [0.25, 0.3) is 0 Å². The van der Waals surface area contributed by atoms with Gasteiger partial charge in [0.1, 0.15) is 0 Å². The minimum atomic E-state index is 0.101. The van der Waals surface area contributed by atoms with E-state index in [1.807, 2.05) is 17.5 Å². The van der Waals surface area contributed by atoms with Crippen molar-refractivity contribution in [1.82, 2.24) is 20.4 Å². The van der Waals surface area contributed by atoms with E-state index in [4.69, 9.17) is 4.52 Å². The first-order chi connectivity index (χ1) is 14.7. The molecule has 0 radical (unpaired) electrons. The minimum Gasteiger partial charge on any atom is -0.356 e. The Balaban J connectivity index is 1.16. The van der Waals surface area contributed by atoms with Crippen molar-refractivity contribution in [3.05, 3.63) is 58.8 Å². The van der Waals surface area contributed by atoms with Crippen molar-refractivity contribution in [2.75, 3.05) is 19.6 Å². The van der Waals surface area contributed by atoms with E-state index < -0.39 is 0 Å². The molecule has 30 heavy (non-hydrogen) atoms. The zero-order chi connectivity index (χ0) is 20.8. The highest BCUT2D eigenvalue weighted by Gasteiger charge is 2.25. The fraction of sp³-hybridized carbons (Fsp3) is 0.435. The van der Waals surface area contributed by atoms with Crippen LogP contribution in [0.25, 0.3) is 10.7 Å². The SMILES string of the molecule is Cc1cccc(CCCNC(=O)C2CCN(Cc3nc(-c4cccs4)no3)CC2)c1. The van der Waals surface area contributed by atoms with Gasteiger partial charge < -0.3 is 9.84 Å². The summed E-state index contributed by atoms with van der Waals surface area (Å²) in [6, 6.07) is 12.5. The number of piperidine rings is 1. The molecule has 1 saturated heterocycles. The van der Waals surface area contributed by atoms with Gasteiger partial charge in [-0.25, -0.2) is 0 Å². The number of aryl methyl sites for hydroxylation is 2. The summed E-state index contributed by atoms with van der Waals surface area (Å²) in [5.74, 6) is 1.58. The number of thiophene rings is 1. The molecule has 1 aliphatic heterocycles. The molecule has 0 bridgehead atoms. The molecule has 1 fully saturated rings. The smallest absolute Gasteiger partial charge is 0.241 e. The Morgan fingerprint density at radius 2 is 2.13 bits per heavy atom. The molecule has 0 unspecified atom stereocenters. The van der Waals surface area contributed by atoms with Crippen LogP contribution < -0.4 is 5.32 Å². The molecule has 4 rings (SSSR count). The summed E-state index contributed by atoms with van der Waals surface area (Å²) in [6.07, 6.45) is 3.71. The van der Waals surface area contributed by atoms with Gasteiger partial charge in [-0.05, 0) is 62.7 Å². The van der Waals surface area contributed by atoms with E-state index in [1.54, 1.807) is 11.3 Å². The largest absolute Gasteiger partial charge is 0.356 e. The van der Waals surface area contributed by atoms with Crippen LogP contribution in [0.4, 0.5) is 0 Å². The maximum atomic E-state index is 12.5. The average molecular weight is 425 g/mol. The first-order valence-corrected chi connectivity index (χ1v) is 11.5.